The smallest absolute Gasteiger partial charge is 0.101 e. The zero-order valence-corrected chi connectivity index (χ0v) is 10.5. The molecule has 15 heavy (non-hydrogen) atoms. The zero-order valence-electron chi connectivity index (χ0n) is 9.67. The lowest BCUT2D eigenvalue weighted by Gasteiger charge is -2.14. The van der Waals surface area contributed by atoms with Crippen LogP contribution < -0.4 is 5.73 Å². The van der Waals surface area contributed by atoms with Crippen LogP contribution >= 0.6 is 11.8 Å². The second kappa shape index (κ2) is 6.40. The molecule has 0 aromatic carbocycles. The van der Waals surface area contributed by atoms with E-state index >= 15 is 0 Å². The molecule has 0 amide bonds. The standard InChI is InChI=1S/C12H22N2S/c1-12(14,10-13)7-4-8-15-9-11-5-2-3-6-11/h11H,2-9,14H2,1H3. The maximum absolute atomic E-state index is 8.74. The molecule has 0 aliphatic heterocycles. The molecule has 0 bridgehead atoms. The van der Waals surface area contributed by atoms with Crippen molar-refractivity contribution in [1.29, 1.82) is 5.26 Å². The van der Waals surface area contributed by atoms with Gasteiger partial charge in [0.2, 0.25) is 0 Å². The molecule has 0 spiro atoms. The minimum atomic E-state index is -0.617. The molecule has 2 nitrogen and oxygen atoms in total. The lowest BCUT2D eigenvalue weighted by Crippen LogP contribution is -2.33. The van der Waals surface area contributed by atoms with E-state index in [0.717, 1.165) is 24.5 Å². The van der Waals surface area contributed by atoms with E-state index in [1.54, 1.807) is 0 Å². The van der Waals surface area contributed by atoms with Gasteiger partial charge in [-0.05, 0) is 50.0 Å². The highest BCUT2D eigenvalue weighted by molar-refractivity contribution is 7.99. The van der Waals surface area contributed by atoms with Crippen molar-refractivity contribution < 1.29 is 0 Å². The first-order valence-corrected chi connectivity index (χ1v) is 7.07. The first-order chi connectivity index (χ1) is 7.14. The highest BCUT2D eigenvalue weighted by atomic mass is 32.2. The number of hydrogen-bond donors (Lipinski definition) is 1. The van der Waals surface area contributed by atoms with E-state index in [1.165, 1.54) is 31.4 Å². The van der Waals surface area contributed by atoms with Crippen molar-refractivity contribution in [2.75, 3.05) is 11.5 Å². The van der Waals surface area contributed by atoms with Gasteiger partial charge in [0.15, 0.2) is 0 Å². The average Bonchev–Trinajstić information content (AvgIpc) is 2.70. The molecule has 1 saturated carbocycles. The van der Waals surface area contributed by atoms with Crippen LogP contribution in [0.3, 0.4) is 0 Å². The van der Waals surface area contributed by atoms with Crippen molar-refractivity contribution in [1.82, 2.24) is 0 Å². The van der Waals surface area contributed by atoms with E-state index in [1.807, 2.05) is 18.7 Å². The van der Waals surface area contributed by atoms with Crippen LogP contribution in [0.1, 0.15) is 45.4 Å². The van der Waals surface area contributed by atoms with Crippen molar-refractivity contribution in [3.8, 4) is 6.07 Å². The molecule has 1 rings (SSSR count). The fourth-order valence-electron chi connectivity index (χ4n) is 2.02. The quantitative estimate of drug-likeness (QED) is 0.708. The van der Waals surface area contributed by atoms with Gasteiger partial charge in [0.1, 0.15) is 5.54 Å². The van der Waals surface area contributed by atoms with Gasteiger partial charge in [0.05, 0.1) is 6.07 Å². The fourth-order valence-corrected chi connectivity index (χ4v) is 3.21. The van der Waals surface area contributed by atoms with Crippen molar-refractivity contribution in [3.63, 3.8) is 0 Å². The first-order valence-electron chi connectivity index (χ1n) is 5.92. The van der Waals surface area contributed by atoms with Crippen LogP contribution in [0.15, 0.2) is 0 Å². The summed E-state index contributed by atoms with van der Waals surface area (Å²) in [6.07, 6.45) is 7.61. The summed E-state index contributed by atoms with van der Waals surface area (Å²) in [5.74, 6) is 3.44. The predicted octanol–water partition coefficient (Wildman–Crippen LogP) is 2.93. The lowest BCUT2D eigenvalue weighted by molar-refractivity contribution is 0.540. The minimum Gasteiger partial charge on any atom is -0.314 e. The fraction of sp³-hybridized carbons (Fsp3) is 0.917. The zero-order chi connectivity index (χ0) is 11.1. The summed E-state index contributed by atoms with van der Waals surface area (Å²) in [5, 5.41) is 8.74. The molecule has 1 atom stereocenters. The summed E-state index contributed by atoms with van der Waals surface area (Å²) in [5.41, 5.74) is 5.13. The Hall–Kier alpha value is -0.200. The maximum atomic E-state index is 8.74. The monoisotopic (exact) mass is 226 g/mol. The lowest BCUT2D eigenvalue weighted by atomic mass is 10.0. The van der Waals surface area contributed by atoms with Gasteiger partial charge in [-0.3, -0.25) is 0 Å². The molecule has 0 aromatic heterocycles. The molecular formula is C12H22N2S. The van der Waals surface area contributed by atoms with Gasteiger partial charge in [0.25, 0.3) is 0 Å². The Morgan fingerprint density at radius 3 is 2.73 bits per heavy atom. The number of nitrogens with zero attached hydrogens (tertiary/aromatic N) is 1. The normalized spacial score (nSPS) is 21.1. The van der Waals surface area contributed by atoms with Crippen LogP contribution in [0.4, 0.5) is 0 Å². The van der Waals surface area contributed by atoms with E-state index in [2.05, 4.69) is 6.07 Å². The minimum absolute atomic E-state index is 0.617. The molecule has 1 fully saturated rings. The maximum Gasteiger partial charge on any atom is 0.101 e. The van der Waals surface area contributed by atoms with Crippen molar-refractivity contribution in [2.45, 2.75) is 51.0 Å². The van der Waals surface area contributed by atoms with Crippen LogP contribution in [0, 0.1) is 17.2 Å². The molecule has 1 aliphatic rings. The van der Waals surface area contributed by atoms with Gasteiger partial charge < -0.3 is 5.73 Å². The van der Waals surface area contributed by atoms with Crippen molar-refractivity contribution in [3.05, 3.63) is 0 Å². The Kier molecular flexibility index (Phi) is 5.49. The third-order valence-corrected chi connectivity index (χ3v) is 4.35. The van der Waals surface area contributed by atoms with Gasteiger partial charge in [-0.2, -0.15) is 17.0 Å². The van der Waals surface area contributed by atoms with Crippen LogP contribution in [-0.2, 0) is 0 Å². The second-order valence-electron chi connectivity index (χ2n) is 4.86. The number of rotatable bonds is 6. The summed E-state index contributed by atoms with van der Waals surface area (Å²) < 4.78 is 0. The molecule has 0 aromatic rings. The largest absolute Gasteiger partial charge is 0.314 e. The third-order valence-electron chi connectivity index (χ3n) is 3.07. The Labute approximate surface area is 97.6 Å². The van der Waals surface area contributed by atoms with Crippen LogP contribution in [0.5, 0.6) is 0 Å². The Morgan fingerprint density at radius 1 is 1.47 bits per heavy atom. The molecule has 0 saturated heterocycles. The molecule has 0 heterocycles. The summed E-state index contributed by atoms with van der Waals surface area (Å²) in [6, 6.07) is 2.14. The predicted molar refractivity (Wildman–Crippen MR) is 66.7 cm³/mol. The van der Waals surface area contributed by atoms with E-state index < -0.39 is 5.54 Å². The summed E-state index contributed by atoms with van der Waals surface area (Å²) in [6.45, 7) is 1.81. The number of nitriles is 1. The summed E-state index contributed by atoms with van der Waals surface area (Å²) in [7, 11) is 0. The molecule has 86 valence electrons. The molecule has 3 heteroatoms. The highest BCUT2D eigenvalue weighted by Crippen LogP contribution is 2.28. The van der Waals surface area contributed by atoms with Crippen LogP contribution in [0.25, 0.3) is 0 Å². The van der Waals surface area contributed by atoms with Gasteiger partial charge in [-0.1, -0.05) is 12.8 Å². The Balaban J connectivity index is 1.95. The molecule has 2 N–H and O–H groups in total. The van der Waals surface area contributed by atoms with E-state index in [-0.39, 0.29) is 0 Å². The third kappa shape index (κ3) is 5.44. The topological polar surface area (TPSA) is 49.8 Å². The van der Waals surface area contributed by atoms with Gasteiger partial charge in [0, 0.05) is 0 Å². The van der Waals surface area contributed by atoms with Gasteiger partial charge >= 0.3 is 0 Å². The van der Waals surface area contributed by atoms with Crippen molar-refractivity contribution in [2.24, 2.45) is 11.7 Å². The molecule has 1 unspecified atom stereocenters. The van der Waals surface area contributed by atoms with Gasteiger partial charge in [-0.15, -0.1) is 0 Å². The first kappa shape index (κ1) is 12.9. The van der Waals surface area contributed by atoms with E-state index in [9.17, 15) is 0 Å². The average molecular weight is 226 g/mol. The SMILES string of the molecule is CC(N)(C#N)CCCSCC1CCCC1. The molecule has 1 aliphatic carbocycles. The summed E-state index contributed by atoms with van der Waals surface area (Å²) >= 11 is 2.04. The van der Waals surface area contributed by atoms with Crippen molar-refractivity contribution >= 4 is 11.8 Å². The number of nitrogens with two attached hydrogens (primary N) is 1. The van der Waals surface area contributed by atoms with Gasteiger partial charge in [-0.25, -0.2) is 0 Å². The molecular weight excluding hydrogens is 204 g/mol. The second-order valence-corrected chi connectivity index (χ2v) is 6.01. The van der Waals surface area contributed by atoms with Crippen LogP contribution in [-0.4, -0.2) is 17.0 Å². The Morgan fingerprint density at radius 2 is 2.13 bits per heavy atom. The highest BCUT2D eigenvalue weighted by Gasteiger charge is 2.17. The number of thioether (sulfide) groups is 1. The van der Waals surface area contributed by atoms with E-state index in [0.29, 0.717) is 0 Å². The Bertz CT molecular complexity index is 214. The van der Waals surface area contributed by atoms with E-state index in [4.69, 9.17) is 11.0 Å². The number of hydrogen-bond acceptors (Lipinski definition) is 3. The molecule has 0 radical (unpaired) electrons. The summed E-state index contributed by atoms with van der Waals surface area (Å²) in [4.78, 5) is 0. The van der Waals surface area contributed by atoms with Crippen LogP contribution in [0.2, 0.25) is 0 Å².